The Kier molecular flexibility index (Phi) is 7.86. The molecule has 7 heteroatoms. The predicted octanol–water partition coefficient (Wildman–Crippen LogP) is 6.70. The van der Waals surface area contributed by atoms with Crippen molar-refractivity contribution in [3.63, 3.8) is 0 Å². The van der Waals surface area contributed by atoms with Crippen LogP contribution < -0.4 is 10.1 Å². The second-order valence-corrected chi connectivity index (χ2v) is 9.23. The summed E-state index contributed by atoms with van der Waals surface area (Å²) < 4.78 is 10.5. The smallest absolute Gasteiger partial charge is 0.344 e. The molecular weight excluding hydrogens is 496 g/mol. The number of carbonyl (C=O) groups is 2. The van der Waals surface area contributed by atoms with Gasteiger partial charge in [0, 0.05) is 10.9 Å². The number of nitrogens with zero attached hydrogens (tertiary/aromatic N) is 1. The molecular formula is C31H24N2O4S. The summed E-state index contributed by atoms with van der Waals surface area (Å²) in [6, 6.07) is 35.6. The first-order chi connectivity index (χ1) is 18.6. The summed E-state index contributed by atoms with van der Waals surface area (Å²) in [5.41, 5.74) is 6.11. The molecule has 4 aromatic carbocycles. The lowest BCUT2D eigenvalue weighted by molar-refractivity contribution is -0.149. The van der Waals surface area contributed by atoms with Gasteiger partial charge in [-0.3, -0.25) is 10.1 Å². The van der Waals surface area contributed by atoms with Gasteiger partial charge >= 0.3 is 5.97 Å². The molecule has 0 radical (unpaired) electrons. The zero-order chi connectivity index (χ0) is 26.2. The molecule has 5 rings (SSSR count). The van der Waals surface area contributed by atoms with Crippen LogP contribution in [0.2, 0.25) is 0 Å². The van der Waals surface area contributed by atoms with Gasteiger partial charge in [-0.05, 0) is 34.4 Å². The van der Waals surface area contributed by atoms with Gasteiger partial charge in [0.15, 0.2) is 18.3 Å². The lowest BCUT2D eigenvalue weighted by Gasteiger charge is -2.08. The average Bonchev–Trinajstić information content (AvgIpc) is 3.44. The Hall–Kier alpha value is -4.75. The van der Waals surface area contributed by atoms with Crippen LogP contribution in [-0.4, -0.2) is 30.1 Å². The van der Waals surface area contributed by atoms with Crippen molar-refractivity contribution in [2.75, 3.05) is 18.5 Å². The van der Waals surface area contributed by atoms with Crippen LogP contribution in [0.15, 0.2) is 115 Å². The van der Waals surface area contributed by atoms with Crippen molar-refractivity contribution in [2.24, 2.45) is 0 Å². The number of benzene rings is 4. The van der Waals surface area contributed by atoms with Gasteiger partial charge in [0.1, 0.15) is 5.75 Å². The molecule has 0 spiro atoms. The van der Waals surface area contributed by atoms with E-state index in [9.17, 15) is 9.59 Å². The van der Waals surface area contributed by atoms with Crippen molar-refractivity contribution in [3.8, 4) is 39.3 Å². The first kappa shape index (κ1) is 24.9. The molecule has 0 aliphatic rings. The minimum absolute atomic E-state index is 0.293. The van der Waals surface area contributed by atoms with Crippen molar-refractivity contribution >= 4 is 28.3 Å². The van der Waals surface area contributed by atoms with Crippen LogP contribution >= 0.6 is 11.3 Å². The van der Waals surface area contributed by atoms with Crippen molar-refractivity contribution in [1.29, 1.82) is 0 Å². The predicted molar refractivity (Wildman–Crippen MR) is 150 cm³/mol. The second-order valence-electron chi connectivity index (χ2n) is 8.37. The highest BCUT2D eigenvalue weighted by Crippen LogP contribution is 2.27. The molecule has 1 N–H and O–H groups in total. The molecule has 1 aromatic heterocycles. The molecule has 0 saturated heterocycles. The maximum Gasteiger partial charge on any atom is 0.344 e. The number of carbonyl (C=O) groups excluding carboxylic acids is 2. The third-order valence-electron chi connectivity index (χ3n) is 5.72. The Morgan fingerprint density at radius 3 is 1.79 bits per heavy atom. The molecule has 0 bridgehead atoms. The van der Waals surface area contributed by atoms with Crippen molar-refractivity contribution in [1.82, 2.24) is 4.98 Å². The molecule has 1 amide bonds. The molecule has 0 fully saturated rings. The van der Waals surface area contributed by atoms with Crippen LogP contribution in [-0.2, 0) is 14.3 Å². The number of aromatic nitrogens is 1. The maximum absolute atomic E-state index is 12.2. The highest BCUT2D eigenvalue weighted by Gasteiger charge is 2.12. The van der Waals surface area contributed by atoms with Gasteiger partial charge in [0.05, 0.1) is 5.69 Å². The molecule has 0 atom stereocenters. The Labute approximate surface area is 224 Å². The quantitative estimate of drug-likeness (QED) is 0.219. The normalized spacial score (nSPS) is 10.5. The molecule has 0 aliphatic carbocycles. The number of nitrogens with one attached hydrogen (secondary N) is 1. The number of rotatable bonds is 9. The summed E-state index contributed by atoms with van der Waals surface area (Å²) in [4.78, 5) is 28.8. The highest BCUT2D eigenvalue weighted by molar-refractivity contribution is 7.14. The maximum atomic E-state index is 12.2. The number of ether oxygens (including phenoxy) is 2. The van der Waals surface area contributed by atoms with Gasteiger partial charge in [0.25, 0.3) is 5.91 Å². The van der Waals surface area contributed by atoms with E-state index < -0.39 is 18.5 Å². The minimum Gasteiger partial charge on any atom is -0.482 e. The number of hydrogen-bond acceptors (Lipinski definition) is 6. The summed E-state index contributed by atoms with van der Waals surface area (Å²) in [5, 5.41) is 4.98. The highest BCUT2D eigenvalue weighted by atomic mass is 32.1. The fraction of sp³-hybridized carbons (Fsp3) is 0.0645. The van der Waals surface area contributed by atoms with Gasteiger partial charge in [-0.2, -0.15) is 0 Å². The fourth-order valence-electron chi connectivity index (χ4n) is 3.79. The van der Waals surface area contributed by atoms with E-state index in [0.29, 0.717) is 10.9 Å². The largest absolute Gasteiger partial charge is 0.482 e. The first-order valence-corrected chi connectivity index (χ1v) is 12.9. The van der Waals surface area contributed by atoms with E-state index in [2.05, 4.69) is 22.4 Å². The molecule has 1 heterocycles. The van der Waals surface area contributed by atoms with E-state index in [1.807, 2.05) is 90.3 Å². The molecule has 0 aliphatic heterocycles. The summed E-state index contributed by atoms with van der Waals surface area (Å²) in [7, 11) is 0. The van der Waals surface area contributed by atoms with Crippen LogP contribution in [0.5, 0.6) is 5.75 Å². The first-order valence-electron chi connectivity index (χ1n) is 12.0. The molecule has 0 unspecified atom stereocenters. The minimum atomic E-state index is -0.634. The Morgan fingerprint density at radius 1 is 0.658 bits per heavy atom. The van der Waals surface area contributed by atoms with E-state index >= 15 is 0 Å². The molecule has 6 nitrogen and oxygen atoms in total. The van der Waals surface area contributed by atoms with Crippen LogP contribution in [0.1, 0.15) is 0 Å². The summed E-state index contributed by atoms with van der Waals surface area (Å²) in [5.74, 6) is -0.560. The van der Waals surface area contributed by atoms with E-state index in [-0.39, 0.29) is 6.61 Å². The van der Waals surface area contributed by atoms with E-state index in [1.165, 1.54) is 11.3 Å². The lowest BCUT2D eigenvalue weighted by Crippen LogP contribution is -2.23. The number of esters is 1. The van der Waals surface area contributed by atoms with Crippen molar-refractivity contribution in [3.05, 3.63) is 115 Å². The third-order valence-corrected chi connectivity index (χ3v) is 6.48. The molecule has 5 aromatic rings. The van der Waals surface area contributed by atoms with E-state index in [0.717, 1.165) is 33.5 Å². The fourth-order valence-corrected chi connectivity index (χ4v) is 4.52. The SMILES string of the molecule is O=C(COC(=O)COc1ccc(-c2ccccc2)cc1)Nc1nc(-c2ccc(-c3ccccc3)cc2)cs1. The lowest BCUT2D eigenvalue weighted by atomic mass is 10.0. The Bertz CT molecular complexity index is 1500. The van der Waals surface area contributed by atoms with Gasteiger partial charge in [-0.25, -0.2) is 9.78 Å². The number of anilines is 1. The molecule has 0 saturated carbocycles. The zero-order valence-corrected chi connectivity index (χ0v) is 21.2. The van der Waals surface area contributed by atoms with Gasteiger partial charge in [-0.1, -0.05) is 97.1 Å². The van der Waals surface area contributed by atoms with Crippen LogP contribution in [0.4, 0.5) is 5.13 Å². The Balaban J connectivity index is 1.07. The van der Waals surface area contributed by atoms with Gasteiger partial charge in [0.2, 0.25) is 0 Å². The standard InChI is InChI=1S/C31H24N2O4S/c34-29(19-37-30(35)20-36-27-17-15-25(16-18-27)23-9-5-2-6-10-23)33-31-32-28(21-38-31)26-13-11-24(12-14-26)22-7-3-1-4-8-22/h1-18,21H,19-20H2,(H,32,33,34). The second kappa shape index (κ2) is 12.0. The monoisotopic (exact) mass is 520 g/mol. The van der Waals surface area contributed by atoms with E-state index in [4.69, 9.17) is 9.47 Å². The summed E-state index contributed by atoms with van der Waals surface area (Å²) >= 11 is 1.31. The summed E-state index contributed by atoms with van der Waals surface area (Å²) in [6.07, 6.45) is 0. The topological polar surface area (TPSA) is 77.5 Å². The summed E-state index contributed by atoms with van der Waals surface area (Å²) in [6.45, 7) is -0.714. The number of amides is 1. The number of thiazole rings is 1. The van der Waals surface area contributed by atoms with Crippen LogP contribution in [0.3, 0.4) is 0 Å². The van der Waals surface area contributed by atoms with Crippen LogP contribution in [0, 0.1) is 0 Å². The van der Waals surface area contributed by atoms with Crippen molar-refractivity contribution < 1.29 is 19.1 Å². The van der Waals surface area contributed by atoms with Crippen LogP contribution in [0.25, 0.3) is 33.5 Å². The van der Waals surface area contributed by atoms with E-state index in [1.54, 1.807) is 12.1 Å². The zero-order valence-electron chi connectivity index (χ0n) is 20.4. The molecule has 38 heavy (non-hydrogen) atoms. The number of hydrogen-bond donors (Lipinski definition) is 1. The van der Waals surface area contributed by atoms with Gasteiger partial charge in [-0.15, -0.1) is 11.3 Å². The average molecular weight is 521 g/mol. The van der Waals surface area contributed by atoms with Crippen molar-refractivity contribution in [2.45, 2.75) is 0 Å². The Morgan fingerprint density at radius 2 is 1.18 bits per heavy atom. The molecule has 188 valence electrons. The third kappa shape index (κ3) is 6.52. The van der Waals surface area contributed by atoms with Gasteiger partial charge < -0.3 is 9.47 Å².